The van der Waals surface area contributed by atoms with Crippen LogP contribution in [0.2, 0.25) is 0 Å². The van der Waals surface area contributed by atoms with Gasteiger partial charge in [0.1, 0.15) is 17.8 Å². The van der Waals surface area contributed by atoms with Crippen LogP contribution in [0.15, 0.2) is 77.2 Å². The molecule has 2 bridgehead atoms. The van der Waals surface area contributed by atoms with Gasteiger partial charge in [-0.15, -0.1) is 0 Å². The van der Waals surface area contributed by atoms with E-state index in [4.69, 9.17) is 9.15 Å². The maximum atomic E-state index is 13.6. The zero-order valence-electron chi connectivity index (χ0n) is 18.3. The highest BCUT2D eigenvalue weighted by molar-refractivity contribution is 6.14. The molecule has 2 unspecified atom stereocenters. The summed E-state index contributed by atoms with van der Waals surface area (Å²) in [4.78, 5) is 28.3. The summed E-state index contributed by atoms with van der Waals surface area (Å²) in [6, 6.07) is 23.5. The Morgan fingerprint density at radius 3 is 2.33 bits per heavy atom. The van der Waals surface area contributed by atoms with Crippen LogP contribution in [0.3, 0.4) is 0 Å². The first-order valence-corrected chi connectivity index (χ1v) is 11.6. The third-order valence-electron chi connectivity index (χ3n) is 7.19. The monoisotopic (exact) mass is 439 g/mol. The van der Waals surface area contributed by atoms with Crippen LogP contribution in [0.4, 0.5) is 4.79 Å². The van der Waals surface area contributed by atoms with Gasteiger partial charge in [0.15, 0.2) is 5.78 Å². The van der Waals surface area contributed by atoms with E-state index in [1.165, 1.54) is 0 Å². The van der Waals surface area contributed by atoms with Crippen molar-refractivity contribution in [1.29, 1.82) is 0 Å². The molecule has 4 aromatic rings. The van der Waals surface area contributed by atoms with Gasteiger partial charge in [-0.1, -0.05) is 60.7 Å². The normalized spacial score (nSPS) is 22.1. The number of furan rings is 1. The first kappa shape index (κ1) is 20.0. The van der Waals surface area contributed by atoms with E-state index in [9.17, 15) is 9.59 Å². The molecule has 5 heteroatoms. The van der Waals surface area contributed by atoms with Crippen molar-refractivity contribution < 1.29 is 18.7 Å². The lowest BCUT2D eigenvalue weighted by atomic mass is 9.84. The van der Waals surface area contributed by atoms with E-state index < -0.39 is 0 Å². The minimum Gasteiger partial charge on any atom is -0.455 e. The first-order chi connectivity index (χ1) is 16.2. The van der Waals surface area contributed by atoms with E-state index in [0.717, 1.165) is 34.8 Å². The fourth-order valence-corrected chi connectivity index (χ4v) is 5.64. The number of carbonyl (C=O) groups is 2. The van der Waals surface area contributed by atoms with Gasteiger partial charge >= 0.3 is 6.09 Å². The number of ketones is 1. The minimum atomic E-state index is -0.267. The van der Waals surface area contributed by atoms with Crippen molar-refractivity contribution in [1.82, 2.24) is 4.90 Å². The van der Waals surface area contributed by atoms with Crippen LogP contribution in [0, 0.1) is 5.92 Å². The second-order valence-electron chi connectivity index (χ2n) is 9.15. The zero-order chi connectivity index (χ0) is 22.4. The molecule has 1 aromatic heterocycles. The van der Waals surface area contributed by atoms with Gasteiger partial charge < -0.3 is 14.1 Å². The average Bonchev–Trinajstić information content (AvgIpc) is 3.36. The highest BCUT2D eigenvalue weighted by Gasteiger charge is 2.46. The predicted molar refractivity (Wildman–Crippen MR) is 126 cm³/mol. The lowest BCUT2D eigenvalue weighted by Crippen LogP contribution is -2.48. The molecule has 2 fully saturated rings. The SMILES string of the molecule is O=C(c1cccc2c1oc1ccccc12)C1CC2CCC(C1)N2C(=O)OCc1ccccc1. The number of carbonyl (C=O) groups excluding carboxylic acids is 2. The maximum Gasteiger partial charge on any atom is 0.410 e. The molecular weight excluding hydrogens is 414 g/mol. The number of rotatable bonds is 4. The van der Waals surface area contributed by atoms with Crippen LogP contribution >= 0.6 is 0 Å². The van der Waals surface area contributed by atoms with E-state index >= 15 is 0 Å². The number of amides is 1. The summed E-state index contributed by atoms with van der Waals surface area (Å²) in [6.45, 7) is 0.270. The zero-order valence-corrected chi connectivity index (χ0v) is 18.3. The Kier molecular flexibility index (Phi) is 4.90. The van der Waals surface area contributed by atoms with E-state index in [1.54, 1.807) is 0 Å². The summed E-state index contributed by atoms with van der Waals surface area (Å²) in [6.07, 6.45) is 2.92. The molecule has 0 radical (unpaired) electrons. The molecule has 3 heterocycles. The van der Waals surface area contributed by atoms with Crippen molar-refractivity contribution in [3.05, 3.63) is 83.9 Å². The van der Waals surface area contributed by atoms with Crippen molar-refractivity contribution >= 4 is 33.8 Å². The lowest BCUT2D eigenvalue weighted by molar-refractivity contribution is 0.0485. The van der Waals surface area contributed by atoms with Crippen molar-refractivity contribution in [3.8, 4) is 0 Å². The highest BCUT2D eigenvalue weighted by atomic mass is 16.6. The maximum absolute atomic E-state index is 13.6. The van der Waals surface area contributed by atoms with Gasteiger partial charge in [-0.3, -0.25) is 4.79 Å². The Morgan fingerprint density at radius 2 is 1.55 bits per heavy atom. The molecule has 5 nitrogen and oxygen atoms in total. The summed E-state index contributed by atoms with van der Waals surface area (Å²) in [5.41, 5.74) is 3.08. The largest absolute Gasteiger partial charge is 0.455 e. The summed E-state index contributed by atoms with van der Waals surface area (Å²) < 4.78 is 11.7. The van der Waals surface area contributed by atoms with Gasteiger partial charge in [-0.05, 0) is 43.4 Å². The smallest absolute Gasteiger partial charge is 0.410 e. The van der Waals surface area contributed by atoms with Gasteiger partial charge in [-0.25, -0.2) is 4.79 Å². The fraction of sp³-hybridized carbons (Fsp3) is 0.286. The Labute approximate surface area is 191 Å². The Bertz CT molecular complexity index is 1330. The first-order valence-electron chi connectivity index (χ1n) is 11.6. The molecule has 1 amide bonds. The van der Waals surface area contributed by atoms with Crippen molar-refractivity contribution in [2.75, 3.05) is 0 Å². The summed E-state index contributed by atoms with van der Waals surface area (Å²) in [5.74, 6) is 0.00773. The average molecular weight is 440 g/mol. The molecule has 2 aliphatic rings. The molecule has 2 aliphatic heterocycles. The molecule has 2 atom stereocenters. The van der Waals surface area contributed by atoms with Gasteiger partial charge in [-0.2, -0.15) is 0 Å². The van der Waals surface area contributed by atoms with Crippen LogP contribution in [-0.2, 0) is 11.3 Å². The van der Waals surface area contributed by atoms with E-state index in [0.29, 0.717) is 24.0 Å². The number of para-hydroxylation sites is 2. The minimum absolute atomic E-state index is 0.0517. The molecule has 2 saturated heterocycles. The number of nitrogens with zero attached hydrogens (tertiary/aromatic N) is 1. The standard InChI is InChI=1S/C28H25NO4/c30-26(24-11-6-10-23-22-9-4-5-12-25(22)33-27(23)24)19-15-20-13-14-21(16-19)29(20)28(31)32-17-18-7-2-1-3-8-18/h1-12,19-21H,13-17H2. The second kappa shape index (κ2) is 8.07. The van der Waals surface area contributed by atoms with Crippen LogP contribution < -0.4 is 0 Å². The quantitative estimate of drug-likeness (QED) is 0.348. The number of fused-ring (bicyclic) bond motifs is 5. The predicted octanol–water partition coefficient (Wildman–Crippen LogP) is 6.35. The van der Waals surface area contributed by atoms with E-state index in [-0.39, 0.29) is 36.5 Å². The van der Waals surface area contributed by atoms with Crippen LogP contribution in [0.1, 0.15) is 41.6 Å². The second-order valence-corrected chi connectivity index (χ2v) is 9.15. The number of benzene rings is 3. The van der Waals surface area contributed by atoms with Gasteiger partial charge in [0.25, 0.3) is 0 Å². The lowest BCUT2D eigenvalue weighted by Gasteiger charge is -2.37. The van der Waals surface area contributed by atoms with Crippen LogP contribution in [-0.4, -0.2) is 28.9 Å². The number of ether oxygens (including phenoxy) is 1. The fourth-order valence-electron chi connectivity index (χ4n) is 5.64. The molecule has 0 saturated carbocycles. The summed E-state index contributed by atoms with van der Waals surface area (Å²) in [7, 11) is 0. The molecule has 166 valence electrons. The van der Waals surface area contributed by atoms with Gasteiger partial charge in [0.05, 0.1) is 5.56 Å². The topological polar surface area (TPSA) is 59.8 Å². The van der Waals surface area contributed by atoms with Gasteiger partial charge in [0, 0.05) is 28.8 Å². The third-order valence-corrected chi connectivity index (χ3v) is 7.19. The Balaban J connectivity index is 1.20. The summed E-state index contributed by atoms with van der Waals surface area (Å²) >= 11 is 0. The number of hydrogen-bond acceptors (Lipinski definition) is 4. The van der Waals surface area contributed by atoms with Crippen molar-refractivity contribution in [2.45, 2.75) is 44.4 Å². The van der Waals surface area contributed by atoms with E-state index in [2.05, 4.69) is 0 Å². The number of piperidine rings is 1. The molecule has 3 aromatic carbocycles. The number of hydrogen-bond donors (Lipinski definition) is 0. The molecule has 0 aliphatic carbocycles. The Hall–Kier alpha value is -3.60. The summed E-state index contributed by atoms with van der Waals surface area (Å²) in [5, 5.41) is 2.00. The van der Waals surface area contributed by atoms with Crippen LogP contribution in [0.5, 0.6) is 0 Å². The Morgan fingerprint density at radius 1 is 0.848 bits per heavy atom. The highest BCUT2D eigenvalue weighted by Crippen LogP contribution is 2.41. The molecule has 0 spiro atoms. The van der Waals surface area contributed by atoms with Gasteiger partial charge in [0.2, 0.25) is 0 Å². The molecule has 0 N–H and O–H groups in total. The van der Waals surface area contributed by atoms with Crippen molar-refractivity contribution in [2.24, 2.45) is 5.92 Å². The molecular formula is C28H25NO4. The molecule has 6 rings (SSSR count). The van der Waals surface area contributed by atoms with E-state index in [1.807, 2.05) is 77.7 Å². The third kappa shape index (κ3) is 3.48. The molecule has 33 heavy (non-hydrogen) atoms. The van der Waals surface area contributed by atoms with Crippen molar-refractivity contribution in [3.63, 3.8) is 0 Å². The van der Waals surface area contributed by atoms with Crippen LogP contribution in [0.25, 0.3) is 21.9 Å². The number of Topliss-reactive ketones (excluding diaryl/α,β-unsaturated/α-hetero) is 1.